The van der Waals surface area contributed by atoms with Crippen molar-refractivity contribution in [2.24, 2.45) is 5.73 Å². The maximum absolute atomic E-state index is 12.4. The molecular formula is C14H25N3O4. The molecule has 2 saturated heterocycles. The molecule has 21 heavy (non-hydrogen) atoms. The molecule has 0 radical (unpaired) electrons. The molecule has 0 aromatic carbocycles. The van der Waals surface area contributed by atoms with Crippen molar-refractivity contribution in [3.05, 3.63) is 0 Å². The van der Waals surface area contributed by atoms with E-state index in [2.05, 4.69) is 0 Å². The van der Waals surface area contributed by atoms with E-state index in [0.717, 1.165) is 12.8 Å². The van der Waals surface area contributed by atoms with Crippen molar-refractivity contribution in [3.63, 3.8) is 0 Å². The smallest absolute Gasteiger partial charge is 0.251 e. The van der Waals surface area contributed by atoms with E-state index in [0.29, 0.717) is 26.2 Å². The number of hydrogen-bond acceptors (Lipinski definition) is 5. The molecule has 2 aliphatic heterocycles. The first-order valence-corrected chi connectivity index (χ1v) is 7.48. The van der Waals surface area contributed by atoms with Gasteiger partial charge in [0.1, 0.15) is 6.10 Å². The van der Waals surface area contributed by atoms with Gasteiger partial charge in [-0.05, 0) is 26.8 Å². The molecule has 2 amide bonds. The Morgan fingerprint density at radius 3 is 2.76 bits per heavy atom. The van der Waals surface area contributed by atoms with Crippen molar-refractivity contribution in [2.75, 3.05) is 39.8 Å². The molecule has 2 heterocycles. The predicted octanol–water partition coefficient (Wildman–Crippen LogP) is -0.802. The highest BCUT2D eigenvalue weighted by Gasteiger charge is 2.34. The third kappa shape index (κ3) is 4.66. The number of rotatable bonds is 5. The first-order chi connectivity index (χ1) is 9.95. The number of morpholine rings is 1. The molecule has 2 aliphatic rings. The summed E-state index contributed by atoms with van der Waals surface area (Å²) in [6.45, 7) is 4.42. The highest BCUT2D eigenvalue weighted by molar-refractivity contribution is 5.81. The highest BCUT2D eigenvalue weighted by atomic mass is 16.5. The molecule has 7 heteroatoms. The minimum atomic E-state index is -0.366. The monoisotopic (exact) mass is 299 g/mol. The third-order valence-corrected chi connectivity index (χ3v) is 3.90. The number of ether oxygens (including phenoxy) is 2. The topological polar surface area (TPSA) is 85.1 Å². The first kappa shape index (κ1) is 16.2. The summed E-state index contributed by atoms with van der Waals surface area (Å²) in [6.07, 6.45) is 1.50. The lowest BCUT2D eigenvalue weighted by atomic mass is 10.1. The fourth-order valence-electron chi connectivity index (χ4n) is 2.90. The van der Waals surface area contributed by atoms with Crippen LogP contribution in [0, 0.1) is 0 Å². The number of likely N-dealkylation sites (N-methyl/N-ethyl adjacent to an activating group) is 1. The van der Waals surface area contributed by atoms with E-state index in [9.17, 15) is 9.59 Å². The van der Waals surface area contributed by atoms with Crippen LogP contribution in [0.3, 0.4) is 0 Å². The van der Waals surface area contributed by atoms with Gasteiger partial charge in [-0.1, -0.05) is 0 Å². The van der Waals surface area contributed by atoms with Gasteiger partial charge in [0.25, 0.3) is 5.91 Å². The van der Waals surface area contributed by atoms with Gasteiger partial charge in [-0.15, -0.1) is 0 Å². The van der Waals surface area contributed by atoms with E-state index in [1.807, 2.05) is 23.8 Å². The van der Waals surface area contributed by atoms with Crippen LogP contribution in [0.25, 0.3) is 0 Å². The van der Waals surface area contributed by atoms with Gasteiger partial charge in [0.05, 0.1) is 25.4 Å². The molecule has 0 aromatic rings. The molecule has 2 rings (SSSR count). The SMILES string of the molecule is CC1CCC(C(=O)N2CCOC(CN(C)CC(N)=O)C2)O1. The maximum Gasteiger partial charge on any atom is 0.251 e. The maximum atomic E-state index is 12.4. The standard InChI is InChI=1S/C14H25N3O4/c1-10-3-4-12(21-10)14(19)17-5-6-20-11(8-17)7-16(2)9-13(15)18/h10-12H,3-9H2,1-2H3,(H2,15,18). The Morgan fingerprint density at radius 1 is 1.38 bits per heavy atom. The Hall–Kier alpha value is -1.18. The van der Waals surface area contributed by atoms with Crippen LogP contribution >= 0.6 is 0 Å². The van der Waals surface area contributed by atoms with Gasteiger partial charge in [-0.25, -0.2) is 0 Å². The van der Waals surface area contributed by atoms with E-state index in [-0.39, 0.29) is 36.7 Å². The second kappa shape index (κ2) is 7.20. The van der Waals surface area contributed by atoms with Crippen LogP contribution in [-0.4, -0.2) is 79.8 Å². The molecule has 0 bridgehead atoms. The summed E-state index contributed by atoms with van der Waals surface area (Å²) < 4.78 is 11.3. The van der Waals surface area contributed by atoms with Gasteiger partial charge in [-0.3, -0.25) is 14.5 Å². The zero-order valence-electron chi connectivity index (χ0n) is 12.8. The largest absolute Gasteiger partial charge is 0.373 e. The Bertz CT molecular complexity index is 390. The fourth-order valence-corrected chi connectivity index (χ4v) is 2.90. The van der Waals surface area contributed by atoms with Crippen LogP contribution in [0.5, 0.6) is 0 Å². The van der Waals surface area contributed by atoms with E-state index < -0.39 is 0 Å². The lowest BCUT2D eigenvalue weighted by Crippen LogP contribution is -2.52. The molecule has 2 fully saturated rings. The summed E-state index contributed by atoms with van der Waals surface area (Å²) in [5, 5.41) is 0. The molecule has 0 aromatic heterocycles. The van der Waals surface area contributed by atoms with Gasteiger partial charge in [-0.2, -0.15) is 0 Å². The van der Waals surface area contributed by atoms with E-state index in [1.54, 1.807) is 0 Å². The van der Waals surface area contributed by atoms with Gasteiger partial charge >= 0.3 is 0 Å². The van der Waals surface area contributed by atoms with Crippen LogP contribution in [0.15, 0.2) is 0 Å². The second-order valence-electron chi connectivity index (χ2n) is 5.95. The van der Waals surface area contributed by atoms with Gasteiger partial charge < -0.3 is 20.1 Å². The average Bonchev–Trinajstić information content (AvgIpc) is 2.84. The summed E-state index contributed by atoms with van der Waals surface area (Å²) in [5.41, 5.74) is 5.17. The van der Waals surface area contributed by atoms with Crippen LogP contribution in [0.4, 0.5) is 0 Å². The first-order valence-electron chi connectivity index (χ1n) is 7.48. The third-order valence-electron chi connectivity index (χ3n) is 3.90. The van der Waals surface area contributed by atoms with Crippen molar-refractivity contribution >= 4 is 11.8 Å². The minimum Gasteiger partial charge on any atom is -0.373 e. The number of hydrogen-bond donors (Lipinski definition) is 1. The molecule has 120 valence electrons. The summed E-state index contributed by atoms with van der Waals surface area (Å²) in [6, 6.07) is 0. The molecule has 0 aliphatic carbocycles. The van der Waals surface area contributed by atoms with E-state index in [4.69, 9.17) is 15.2 Å². The quantitative estimate of drug-likeness (QED) is 0.718. The number of nitrogens with zero attached hydrogens (tertiary/aromatic N) is 2. The van der Waals surface area contributed by atoms with E-state index >= 15 is 0 Å². The molecule has 0 spiro atoms. The zero-order valence-corrected chi connectivity index (χ0v) is 12.8. The van der Waals surface area contributed by atoms with Gasteiger partial charge in [0, 0.05) is 19.6 Å². The second-order valence-corrected chi connectivity index (χ2v) is 5.95. The summed E-state index contributed by atoms with van der Waals surface area (Å²) >= 11 is 0. The van der Waals surface area contributed by atoms with Gasteiger partial charge in [0.2, 0.25) is 5.91 Å². The molecule has 3 unspecified atom stereocenters. The van der Waals surface area contributed by atoms with Crippen molar-refractivity contribution in [2.45, 2.75) is 38.1 Å². The van der Waals surface area contributed by atoms with Crippen molar-refractivity contribution in [1.82, 2.24) is 9.80 Å². The Labute approximate surface area is 125 Å². The van der Waals surface area contributed by atoms with Crippen LogP contribution in [0.1, 0.15) is 19.8 Å². The Morgan fingerprint density at radius 2 is 2.14 bits per heavy atom. The number of nitrogens with two attached hydrogens (primary N) is 1. The molecular weight excluding hydrogens is 274 g/mol. The summed E-state index contributed by atoms with van der Waals surface area (Å²) in [7, 11) is 1.82. The summed E-state index contributed by atoms with van der Waals surface area (Å²) in [4.78, 5) is 26.9. The van der Waals surface area contributed by atoms with Crippen molar-refractivity contribution in [3.8, 4) is 0 Å². The molecule has 7 nitrogen and oxygen atoms in total. The fraction of sp³-hybridized carbons (Fsp3) is 0.857. The van der Waals surface area contributed by atoms with Crippen molar-refractivity contribution < 1.29 is 19.1 Å². The predicted molar refractivity (Wildman–Crippen MR) is 76.6 cm³/mol. The minimum absolute atomic E-state index is 0.0604. The zero-order chi connectivity index (χ0) is 15.4. The Kier molecular flexibility index (Phi) is 5.55. The number of amides is 2. The van der Waals surface area contributed by atoms with E-state index in [1.165, 1.54) is 0 Å². The number of primary amides is 1. The van der Waals surface area contributed by atoms with Crippen LogP contribution in [0.2, 0.25) is 0 Å². The Balaban J connectivity index is 1.82. The number of carbonyl (C=O) groups excluding carboxylic acids is 2. The highest BCUT2D eigenvalue weighted by Crippen LogP contribution is 2.21. The molecule has 2 N–H and O–H groups in total. The van der Waals surface area contributed by atoms with Gasteiger partial charge in [0.15, 0.2) is 0 Å². The average molecular weight is 299 g/mol. The molecule has 3 atom stereocenters. The normalized spacial score (nSPS) is 29.9. The van der Waals surface area contributed by atoms with Crippen LogP contribution < -0.4 is 5.73 Å². The van der Waals surface area contributed by atoms with Crippen molar-refractivity contribution in [1.29, 1.82) is 0 Å². The number of carbonyl (C=O) groups is 2. The summed E-state index contributed by atoms with van der Waals surface area (Å²) in [5.74, 6) is -0.306. The lowest BCUT2D eigenvalue weighted by Gasteiger charge is -2.35. The van der Waals surface area contributed by atoms with Crippen LogP contribution in [-0.2, 0) is 19.1 Å². The molecule has 0 saturated carbocycles. The lowest BCUT2D eigenvalue weighted by molar-refractivity contribution is -0.150.